The number of nitrogens with zero attached hydrogens (tertiary/aromatic N) is 2. The van der Waals surface area contributed by atoms with Gasteiger partial charge < -0.3 is 19.7 Å². The highest BCUT2D eigenvalue weighted by Gasteiger charge is 2.24. The maximum Gasteiger partial charge on any atom is 0.251 e. The van der Waals surface area contributed by atoms with Gasteiger partial charge in [0.2, 0.25) is 0 Å². The predicted octanol–water partition coefficient (Wildman–Crippen LogP) is 3.27. The fourth-order valence-corrected chi connectivity index (χ4v) is 4.50. The third-order valence-electron chi connectivity index (χ3n) is 6.30. The van der Waals surface area contributed by atoms with Crippen molar-refractivity contribution < 1.29 is 14.3 Å². The lowest BCUT2D eigenvalue weighted by molar-refractivity contribution is 0.0288. The molecule has 4 rings (SSSR count). The van der Waals surface area contributed by atoms with Crippen LogP contribution in [0.2, 0.25) is 0 Å². The highest BCUT2D eigenvalue weighted by atomic mass is 16.5. The maximum atomic E-state index is 12.1. The molecule has 1 fully saturated rings. The minimum atomic E-state index is 0.00285. The summed E-state index contributed by atoms with van der Waals surface area (Å²) in [6.07, 6.45) is 1.97. The third kappa shape index (κ3) is 5.20. The van der Waals surface area contributed by atoms with Crippen LogP contribution in [-0.4, -0.2) is 63.8 Å². The highest BCUT2D eigenvalue weighted by molar-refractivity contribution is 5.94. The van der Waals surface area contributed by atoms with Crippen molar-refractivity contribution in [3.8, 4) is 5.75 Å². The van der Waals surface area contributed by atoms with Gasteiger partial charge in [0.1, 0.15) is 5.75 Å². The number of rotatable bonds is 7. The van der Waals surface area contributed by atoms with E-state index in [0.29, 0.717) is 6.54 Å². The van der Waals surface area contributed by atoms with E-state index in [1.165, 1.54) is 16.8 Å². The zero-order valence-electron chi connectivity index (χ0n) is 18.6. The molecule has 2 aromatic carbocycles. The fourth-order valence-electron chi connectivity index (χ4n) is 4.50. The van der Waals surface area contributed by atoms with Crippen LogP contribution >= 0.6 is 0 Å². The Morgan fingerprint density at radius 1 is 1.13 bits per heavy atom. The molecule has 2 aliphatic heterocycles. The zero-order valence-corrected chi connectivity index (χ0v) is 18.6. The predicted molar refractivity (Wildman–Crippen MR) is 123 cm³/mol. The molecule has 0 saturated carbocycles. The molecule has 1 unspecified atom stereocenters. The van der Waals surface area contributed by atoms with Gasteiger partial charge in [0.05, 0.1) is 19.8 Å². The van der Waals surface area contributed by atoms with Crippen LogP contribution in [0.15, 0.2) is 42.5 Å². The van der Waals surface area contributed by atoms with Crippen LogP contribution in [-0.2, 0) is 11.2 Å². The van der Waals surface area contributed by atoms with Crippen molar-refractivity contribution in [2.75, 3.05) is 57.9 Å². The molecule has 0 radical (unpaired) electrons. The number of carbonyl (C=O) groups excluding carboxylic acids is 1. The number of fused-ring (bicyclic) bond motifs is 1. The Bertz CT molecular complexity index is 876. The summed E-state index contributed by atoms with van der Waals surface area (Å²) in [5.41, 5.74) is 4.50. The minimum absolute atomic E-state index is 0.00285. The molecule has 1 atom stereocenters. The third-order valence-corrected chi connectivity index (χ3v) is 6.30. The number of amides is 1. The van der Waals surface area contributed by atoms with Crippen molar-refractivity contribution in [1.29, 1.82) is 0 Å². The van der Waals surface area contributed by atoms with Gasteiger partial charge in [0.15, 0.2) is 0 Å². The van der Waals surface area contributed by atoms with Crippen molar-refractivity contribution >= 4 is 11.6 Å². The van der Waals surface area contributed by atoms with Crippen LogP contribution < -0.4 is 15.0 Å². The molecule has 1 amide bonds. The number of ether oxygens (including phenoxy) is 2. The Kier molecular flexibility index (Phi) is 7.10. The molecule has 2 aromatic rings. The first-order valence-electron chi connectivity index (χ1n) is 11.3. The van der Waals surface area contributed by atoms with Crippen molar-refractivity contribution in [3.63, 3.8) is 0 Å². The van der Waals surface area contributed by atoms with Gasteiger partial charge in [-0.2, -0.15) is 0 Å². The zero-order chi connectivity index (χ0) is 21.6. The largest absolute Gasteiger partial charge is 0.497 e. The lowest BCUT2D eigenvalue weighted by Crippen LogP contribution is -2.46. The van der Waals surface area contributed by atoms with Crippen LogP contribution in [0.4, 0.5) is 5.69 Å². The quantitative estimate of drug-likeness (QED) is 0.741. The van der Waals surface area contributed by atoms with Crippen LogP contribution in [0.3, 0.4) is 0 Å². The van der Waals surface area contributed by atoms with Gasteiger partial charge in [0.25, 0.3) is 5.91 Å². The van der Waals surface area contributed by atoms with Crippen molar-refractivity contribution in [2.24, 2.45) is 0 Å². The second-order valence-corrected chi connectivity index (χ2v) is 8.20. The summed E-state index contributed by atoms with van der Waals surface area (Å²) < 4.78 is 11.4. The molecule has 1 saturated heterocycles. The van der Waals surface area contributed by atoms with Gasteiger partial charge in [-0.15, -0.1) is 0 Å². The van der Waals surface area contributed by atoms with Gasteiger partial charge in [-0.25, -0.2) is 0 Å². The van der Waals surface area contributed by atoms with E-state index in [2.05, 4.69) is 33.3 Å². The van der Waals surface area contributed by atoms with E-state index in [9.17, 15) is 4.79 Å². The molecular weight excluding hydrogens is 390 g/mol. The molecule has 2 heterocycles. The summed E-state index contributed by atoms with van der Waals surface area (Å²) in [5.74, 6) is 0.899. The van der Waals surface area contributed by atoms with Gasteiger partial charge >= 0.3 is 0 Å². The van der Waals surface area contributed by atoms with Crippen LogP contribution in [0.1, 0.15) is 40.9 Å². The molecule has 0 aromatic heterocycles. The summed E-state index contributed by atoms with van der Waals surface area (Å²) >= 11 is 0. The molecule has 1 N–H and O–H groups in total. The number of anilines is 1. The number of hydrogen-bond acceptors (Lipinski definition) is 5. The van der Waals surface area contributed by atoms with Gasteiger partial charge in [-0.05, 0) is 67.3 Å². The number of methoxy groups -OCH3 is 1. The normalized spacial score (nSPS) is 19.0. The average molecular weight is 424 g/mol. The number of carbonyl (C=O) groups is 1. The first-order valence-corrected chi connectivity index (χ1v) is 11.3. The molecule has 0 aliphatic carbocycles. The molecule has 2 aliphatic rings. The van der Waals surface area contributed by atoms with Crippen molar-refractivity contribution in [1.82, 2.24) is 10.2 Å². The van der Waals surface area contributed by atoms with E-state index in [0.717, 1.165) is 63.5 Å². The minimum Gasteiger partial charge on any atom is -0.497 e. The van der Waals surface area contributed by atoms with Crippen LogP contribution in [0.25, 0.3) is 0 Å². The Balaban J connectivity index is 1.30. The van der Waals surface area contributed by atoms with Gasteiger partial charge in [-0.3, -0.25) is 9.69 Å². The van der Waals surface area contributed by atoms with Crippen LogP contribution in [0.5, 0.6) is 5.75 Å². The second-order valence-electron chi connectivity index (χ2n) is 8.20. The molecule has 0 spiro atoms. The number of piperazine rings is 1. The van der Waals surface area contributed by atoms with Crippen LogP contribution in [0, 0.1) is 0 Å². The van der Waals surface area contributed by atoms with Gasteiger partial charge in [-0.1, -0.05) is 6.07 Å². The number of benzene rings is 2. The first-order chi connectivity index (χ1) is 15.2. The molecule has 0 bridgehead atoms. The van der Waals surface area contributed by atoms with Crippen molar-refractivity contribution in [2.45, 2.75) is 25.9 Å². The SMILES string of the molecule is CCNC(=O)c1ccc2c(c1)CCOC2CCN1CCN(c2ccc(OC)cc2)CC1. The lowest BCUT2D eigenvalue weighted by atomic mass is 9.93. The average Bonchev–Trinajstić information content (AvgIpc) is 2.83. The van der Waals surface area contributed by atoms with E-state index < -0.39 is 0 Å². The standard InChI is InChI=1S/C25H33N3O3/c1-3-26-25(29)20-4-9-23-19(18-20)11-17-31-24(23)10-12-27-13-15-28(16-14-27)21-5-7-22(30-2)8-6-21/h4-9,18,24H,3,10-17H2,1-2H3,(H,26,29). The molecule has 31 heavy (non-hydrogen) atoms. The van der Waals surface area contributed by atoms with Crippen molar-refractivity contribution in [3.05, 3.63) is 59.2 Å². The molecule has 6 nitrogen and oxygen atoms in total. The van der Waals surface area contributed by atoms with E-state index in [1.54, 1.807) is 7.11 Å². The van der Waals surface area contributed by atoms with E-state index in [-0.39, 0.29) is 12.0 Å². The molecule has 166 valence electrons. The number of hydrogen-bond donors (Lipinski definition) is 1. The van der Waals surface area contributed by atoms with E-state index in [1.807, 2.05) is 31.2 Å². The Labute approximate surface area is 185 Å². The second kappa shape index (κ2) is 10.2. The Hall–Kier alpha value is -2.57. The summed E-state index contributed by atoms with van der Waals surface area (Å²) in [7, 11) is 1.70. The molecular formula is C25H33N3O3. The summed E-state index contributed by atoms with van der Waals surface area (Å²) in [6.45, 7) is 8.52. The monoisotopic (exact) mass is 423 g/mol. The topological polar surface area (TPSA) is 54.0 Å². The maximum absolute atomic E-state index is 12.1. The number of nitrogens with one attached hydrogen (secondary N) is 1. The fraction of sp³-hybridized carbons (Fsp3) is 0.480. The van der Waals surface area contributed by atoms with E-state index in [4.69, 9.17) is 9.47 Å². The first kappa shape index (κ1) is 21.7. The summed E-state index contributed by atoms with van der Waals surface area (Å²) in [6, 6.07) is 14.4. The molecule has 6 heteroatoms. The summed E-state index contributed by atoms with van der Waals surface area (Å²) in [5, 5.41) is 2.88. The Morgan fingerprint density at radius 3 is 2.61 bits per heavy atom. The van der Waals surface area contributed by atoms with Gasteiger partial charge in [0, 0.05) is 50.5 Å². The lowest BCUT2D eigenvalue weighted by Gasteiger charge is -2.37. The smallest absolute Gasteiger partial charge is 0.251 e. The summed E-state index contributed by atoms with van der Waals surface area (Å²) in [4.78, 5) is 17.1. The van der Waals surface area contributed by atoms with E-state index >= 15 is 0 Å². The Morgan fingerprint density at radius 2 is 1.90 bits per heavy atom. The highest BCUT2D eigenvalue weighted by Crippen LogP contribution is 2.31.